The number of rotatable bonds is 3. The maximum Gasteiger partial charge on any atom is 0.188 e. The summed E-state index contributed by atoms with van der Waals surface area (Å²) in [5, 5.41) is 4.22. The van der Waals surface area contributed by atoms with E-state index in [0.29, 0.717) is 4.99 Å². The molecule has 0 aliphatic carbocycles. The summed E-state index contributed by atoms with van der Waals surface area (Å²) in [5.74, 6) is 0. The first-order valence-electron chi connectivity index (χ1n) is 6.58. The lowest BCUT2D eigenvalue weighted by atomic mass is 10.1. The summed E-state index contributed by atoms with van der Waals surface area (Å²) >= 11 is 6.76. The van der Waals surface area contributed by atoms with E-state index in [1.807, 2.05) is 31.2 Å². The van der Waals surface area contributed by atoms with Crippen LogP contribution in [-0.2, 0) is 0 Å². The number of nitrogens with one attached hydrogen (secondary N) is 1. The van der Waals surface area contributed by atoms with Gasteiger partial charge in [-0.15, -0.1) is 0 Å². The second kappa shape index (κ2) is 5.42. The molecule has 0 aliphatic heterocycles. The summed E-state index contributed by atoms with van der Waals surface area (Å²) in [6.45, 7) is 4.11. The van der Waals surface area contributed by atoms with Crippen molar-refractivity contribution in [2.45, 2.75) is 13.8 Å². The number of thiocarbonyl (C=S) groups is 1. The van der Waals surface area contributed by atoms with Gasteiger partial charge in [-0.3, -0.25) is 0 Å². The Labute approximate surface area is 132 Å². The van der Waals surface area contributed by atoms with Gasteiger partial charge in [0.1, 0.15) is 4.99 Å². The molecule has 0 saturated carbocycles. The van der Waals surface area contributed by atoms with E-state index in [0.717, 1.165) is 27.5 Å². The lowest BCUT2D eigenvalue weighted by molar-refractivity contribution is 1.38. The van der Waals surface area contributed by atoms with Crippen LogP contribution in [0.25, 0.3) is 10.2 Å². The van der Waals surface area contributed by atoms with Crippen molar-refractivity contribution in [2.24, 2.45) is 5.73 Å². The minimum absolute atomic E-state index is 0.387. The molecule has 0 unspecified atom stereocenters. The summed E-state index contributed by atoms with van der Waals surface area (Å²) in [7, 11) is 0. The molecule has 2 aromatic carbocycles. The van der Waals surface area contributed by atoms with Gasteiger partial charge < -0.3 is 11.1 Å². The van der Waals surface area contributed by atoms with Crippen molar-refractivity contribution in [1.82, 2.24) is 4.98 Å². The molecule has 0 radical (unpaired) electrons. The Morgan fingerprint density at radius 3 is 2.81 bits per heavy atom. The Morgan fingerprint density at radius 1 is 1.24 bits per heavy atom. The monoisotopic (exact) mass is 313 g/mol. The molecule has 1 heterocycles. The Bertz CT molecular complexity index is 837. The van der Waals surface area contributed by atoms with Crippen LogP contribution in [0.4, 0.5) is 10.8 Å². The Hall–Kier alpha value is -1.98. The highest BCUT2D eigenvalue weighted by atomic mass is 32.1. The van der Waals surface area contributed by atoms with Crippen LogP contribution in [0.1, 0.15) is 16.7 Å². The van der Waals surface area contributed by atoms with Crippen LogP contribution in [-0.4, -0.2) is 9.97 Å². The van der Waals surface area contributed by atoms with E-state index in [1.165, 1.54) is 10.3 Å². The van der Waals surface area contributed by atoms with Gasteiger partial charge in [-0.1, -0.05) is 41.8 Å². The third kappa shape index (κ3) is 2.75. The molecule has 0 fully saturated rings. The Kier molecular flexibility index (Phi) is 3.61. The standard InChI is InChI=1S/C16H15N3S2/c1-9-6-7-12-13(8-9)21-16(18-12)19-14-10(2)4-3-5-11(14)15(17)20/h3-8H,1-2H3,(H2,17,20)(H,18,19). The van der Waals surface area contributed by atoms with Gasteiger partial charge in [0.15, 0.2) is 5.13 Å². The summed E-state index contributed by atoms with van der Waals surface area (Å²) in [5.41, 5.74) is 10.9. The van der Waals surface area contributed by atoms with Crippen molar-refractivity contribution in [3.63, 3.8) is 0 Å². The maximum absolute atomic E-state index is 5.81. The highest BCUT2D eigenvalue weighted by Crippen LogP contribution is 2.31. The number of aromatic nitrogens is 1. The van der Waals surface area contributed by atoms with Crippen molar-refractivity contribution in [3.05, 3.63) is 53.1 Å². The van der Waals surface area contributed by atoms with Crippen LogP contribution in [0.15, 0.2) is 36.4 Å². The molecule has 0 saturated heterocycles. The molecule has 3 N–H and O–H groups in total. The van der Waals surface area contributed by atoms with E-state index in [9.17, 15) is 0 Å². The van der Waals surface area contributed by atoms with Crippen molar-refractivity contribution in [2.75, 3.05) is 5.32 Å². The molecular formula is C16H15N3S2. The van der Waals surface area contributed by atoms with E-state index in [1.54, 1.807) is 11.3 Å². The molecule has 106 valence electrons. The topological polar surface area (TPSA) is 50.9 Å². The summed E-state index contributed by atoms with van der Waals surface area (Å²) in [6.07, 6.45) is 0. The molecule has 3 aromatic rings. The Morgan fingerprint density at radius 2 is 2.05 bits per heavy atom. The normalized spacial score (nSPS) is 10.8. The van der Waals surface area contributed by atoms with Gasteiger partial charge in [0.25, 0.3) is 0 Å². The smallest absolute Gasteiger partial charge is 0.188 e. The second-order valence-electron chi connectivity index (χ2n) is 4.98. The van der Waals surface area contributed by atoms with Gasteiger partial charge in [0, 0.05) is 5.56 Å². The van der Waals surface area contributed by atoms with Crippen LogP contribution in [0.5, 0.6) is 0 Å². The number of para-hydroxylation sites is 1. The molecule has 0 spiro atoms. The van der Waals surface area contributed by atoms with E-state index in [2.05, 4.69) is 29.4 Å². The summed E-state index contributed by atoms with van der Waals surface area (Å²) < 4.78 is 1.17. The van der Waals surface area contributed by atoms with Crippen molar-refractivity contribution in [1.29, 1.82) is 0 Å². The zero-order chi connectivity index (χ0) is 15.0. The number of aryl methyl sites for hydroxylation is 2. The van der Waals surface area contributed by atoms with Crippen LogP contribution in [0.3, 0.4) is 0 Å². The zero-order valence-corrected chi connectivity index (χ0v) is 13.4. The number of hydrogen-bond donors (Lipinski definition) is 2. The lowest BCUT2D eigenvalue weighted by Crippen LogP contribution is -2.12. The molecular weight excluding hydrogens is 298 g/mol. The number of anilines is 2. The fourth-order valence-corrected chi connectivity index (χ4v) is 3.37. The zero-order valence-electron chi connectivity index (χ0n) is 11.8. The highest BCUT2D eigenvalue weighted by molar-refractivity contribution is 7.80. The molecule has 21 heavy (non-hydrogen) atoms. The van der Waals surface area contributed by atoms with Gasteiger partial charge in [0.2, 0.25) is 0 Å². The van der Waals surface area contributed by atoms with Crippen LogP contribution in [0.2, 0.25) is 0 Å². The van der Waals surface area contributed by atoms with Crippen LogP contribution in [0, 0.1) is 13.8 Å². The van der Waals surface area contributed by atoms with Crippen molar-refractivity contribution >= 4 is 49.6 Å². The van der Waals surface area contributed by atoms with E-state index >= 15 is 0 Å². The van der Waals surface area contributed by atoms with Crippen molar-refractivity contribution < 1.29 is 0 Å². The number of thiazole rings is 1. The third-order valence-electron chi connectivity index (χ3n) is 3.31. The number of hydrogen-bond acceptors (Lipinski definition) is 4. The number of nitrogens with two attached hydrogens (primary N) is 1. The molecule has 0 amide bonds. The van der Waals surface area contributed by atoms with E-state index < -0.39 is 0 Å². The fourth-order valence-electron chi connectivity index (χ4n) is 2.23. The lowest BCUT2D eigenvalue weighted by Gasteiger charge is -2.11. The molecule has 0 bridgehead atoms. The van der Waals surface area contributed by atoms with Crippen molar-refractivity contribution in [3.8, 4) is 0 Å². The first-order valence-corrected chi connectivity index (χ1v) is 7.81. The molecule has 0 atom stereocenters. The predicted octanol–water partition coefficient (Wildman–Crippen LogP) is 4.29. The molecule has 5 heteroatoms. The molecule has 3 nitrogen and oxygen atoms in total. The number of nitrogens with zero attached hydrogens (tertiary/aromatic N) is 1. The minimum Gasteiger partial charge on any atom is -0.389 e. The molecule has 0 aliphatic rings. The van der Waals surface area contributed by atoms with Gasteiger partial charge in [-0.25, -0.2) is 4.98 Å². The molecule has 1 aromatic heterocycles. The maximum atomic E-state index is 5.81. The largest absolute Gasteiger partial charge is 0.389 e. The second-order valence-corrected chi connectivity index (χ2v) is 6.45. The first kappa shape index (κ1) is 14.0. The quantitative estimate of drug-likeness (QED) is 0.708. The highest BCUT2D eigenvalue weighted by Gasteiger charge is 2.11. The SMILES string of the molecule is Cc1ccc2nc(Nc3c(C)cccc3C(N)=S)sc2c1. The average molecular weight is 313 g/mol. The average Bonchev–Trinajstić information content (AvgIpc) is 2.82. The third-order valence-corrected chi connectivity index (χ3v) is 4.47. The van der Waals surface area contributed by atoms with Gasteiger partial charge >= 0.3 is 0 Å². The first-order chi connectivity index (χ1) is 10.0. The van der Waals surface area contributed by atoms with Crippen LogP contribution < -0.4 is 11.1 Å². The number of benzene rings is 2. The number of fused-ring (bicyclic) bond motifs is 1. The van der Waals surface area contributed by atoms with E-state index in [-0.39, 0.29) is 0 Å². The molecule has 3 rings (SSSR count). The van der Waals surface area contributed by atoms with Gasteiger partial charge in [0.05, 0.1) is 15.9 Å². The summed E-state index contributed by atoms with van der Waals surface area (Å²) in [6, 6.07) is 12.2. The van der Waals surface area contributed by atoms with Crippen LogP contribution >= 0.6 is 23.6 Å². The van der Waals surface area contributed by atoms with Gasteiger partial charge in [-0.05, 0) is 43.2 Å². The van der Waals surface area contributed by atoms with Gasteiger partial charge in [-0.2, -0.15) is 0 Å². The fraction of sp³-hybridized carbons (Fsp3) is 0.125. The summed E-state index contributed by atoms with van der Waals surface area (Å²) in [4.78, 5) is 5.00. The minimum atomic E-state index is 0.387. The Balaban J connectivity index is 2.04. The van der Waals surface area contributed by atoms with E-state index in [4.69, 9.17) is 18.0 Å². The predicted molar refractivity (Wildman–Crippen MR) is 94.7 cm³/mol.